The van der Waals surface area contributed by atoms with Crippen molar-refractivity contribution in [3.8, 4) is 17.6 Å². The number of rotatable bonds is 1. The van der Waals surface area contributed by atoms with Crippen LogP contribution in [0.4, 0.5) is 0 Å². The van der Waals surface area contributed by atoms with Gasteiger partial charge in [0.1, 0.15) is 5.75 Å². The van der Waals surface area contributed by atoms with Crippen LogP contribution in [0.15, 0.2) is 36.4 Å². The molecule has 0 aliphatic heterocycles. The minimum absolute atomic E-state index is 0.848. The van der Waals surface area contributed by atoms with E-state index in [2.05, 4.69) is 18.4 Å². The van der Waals surface area contributed by atoms with Crippen LogP contribution in [0.5, 0.6) is 5.75 Å². The molecule has 0 N–H and O–H groups in total. The highest BCUT2D eigenvalue weighted by molar-refractivity contribution is 5.41. The average molecular weight is 172 g/mol. The van der Waals surface area contributed by atoms with Gasteiger partial charge in [-0.05, 0) is 36.8 Å². The van der Waals surface area contributed by atoms with Gasteiger partial charge < -0.3 is 4.74 Å². The number of allylic oxidation sites excluding steroid dienone is 1. The molecular formula is C12H12O. The first-order valence-electron chi connectivity index (χ1n) is 4.04. The number of hydrogen-bond donors (Lipinski definition) is 0. The van der Waals surface area contributed by atoms with E-state index in [-0.39, 0.29) is 0 Å². The molecule has 0 spiro atoms. The van der Waals surface area contributed by atoms with Crippen LogP contribution >= 0.6 is 0 Å². The largest absolute Gasteiger partial charge is 0.497 e. The van der Waals surface area contributed by atoms with E-state index in [1.807, 2.05) is 31.2 Å². The third-order valence-corrected chi connectivity index (χ3v) is 1.51. The highest BCUT2D eigenvalue weighted by Crippen LogP contribution is 2.10. The van der Waals surface area contributed by atoms with Crippen molar-refractivity contribution in [1.29, 1.82) is 0 Å². The lowest BCUT2D eigenvalue weighted by molar-refractivity contribution is 0.415. The van der Waals surface area contributed by atoms with Crippen LogP contribution in [0.2, 0.25) is 0 Å². The Morgan fingerprint density at radius 2 is 1.92 bits per heavy atom. The Bertz CT molecular complexity index is 349. The molecule has 66 valence electrons. The SMILES string of the molecule is C=C(C)C#Cc1ccc(OC)cc1. The molecule has 0 aliphatic rings. The summed E-state index contributed by atoms with van der Waals surface area (Å²) in [6.07, 6.45) is 0. The van der Waals surface area contributed by atoms with E-state index in [0.29, 0.717) is 0 Å². The van der Waals surface area contributed by atoms with Gasteiger partial charge in [0.25, 0.3) is 0 Å². The number of benzene rings is 1. The Morgan fingerprint density at radius 1 is 1.31 bits per heavy atom. The van der Waals surface area contributed by atoms with Crippen molar-refractivity contribution in [3.63, 3.8) is 0 Å². The van der Waals surface area contributed by atoms with Crippen LogP contribution in [0.25, 0.3) is 0 Å². The zero-order valence-electron chi connectivity index (χ0n) is 7.92. The molecular weight excluding hydrogens is 160 g/mol. The van der Waals surface area contributed by atoms with Gasteiger partial charge in [-0.25, -0.2) is 0 Å². The molecule has 0 fully saturated rings. The molecule has 0 atom stereocenters. The summed E-state index contributed by atoms with van der Waals surface area (Å²) in [5.41, 5.74) is 1.85. The van der Waals surface area contributed by atoms with Crippen molar-refractivity contribution in [2.45, 2.75) is 6.92 Å². The van der Waals surface area contributed by atoms with Gasteiger partial charge in [-0.2, -0.15) is 0 Å². The summed E-state index contributed by atoms with van der Waals surface area (Å²) in [6.45, 7) is 5.59. The van der Waals surface area contributed by atoms with E-state index in [1.165, 1.54) is 0 Å². The summed E-state index contributed by atoms with van der Waals surface area (Å²) in [5.74, 6) is 6.75. The predicted molar refractivity (Wildman–Crippen MR) is 54.7 cm³/mol. The van der Waals surface area contributed by atoms with Crippen molar-refractivity contribution in [2.75, 3.05) is 7.11 Å². The van der Waals surface area contributed by atoms with Gasteiger partial charge in [-0.3, -0.25) is 0 Å². The normalized spacial score (nSPS) is 8.46. The maximum atomic E-state index is 5.03. The quantitative estimate of drug-likeness (QED) is 0.592. The van der Waals surface area contributed by atoms with E-state index in [1.54, 1.807) is 7.11 Å². The summed E-state index contributed by atoms with van der Waals surface area (Å²) < 4.78 is 5.03. The molecule has 1 aromatic carbocycles. The number of ether oxygens (including phenoxy) is 1. The van der Waals surface area contributed by atoms with Crippen LogP contribution < -0.4 is 4.74 Å². The van der Waals surface area contributed by atoms with Crippen LogP contribution in [-0.2, 0) is 0 Å². The first-order valence-corrected chi connectivity index (χ1v) is 4.04. The molecule has 1 aromatic rings. The molecule has 0 saturated carbocycles. The molecule has 0 saturated heterocycles. The summed E-state index contributed by atoms with van der Waals surface area (Å²) in [7, 11) is 1.65. The number of methoxy groups -OCH3 is 1. The molecule has 0 bridgehead atoms. The lowest BCUT2D eigenvalue weighted by Crippen LogP contribution is -1.81. The van der Waals surface area contributed by atoms with Crippen molar-refractivity contribution < 1.29 is 4.74 Å². The van der Waals surface area contributed by atoms with Gasteiger partial charge in [0.15, 0.2) is 0 Å². The second-order valence-electron chi connectivity index (χ2n) is 2.76. The van der Waals surface area contributed by atoms with Crippen molar-refractivity contribution in [2.24, 2.45) is 0 Å². The number of hydrogen-bond acceptors (Lipinski definition) is 1. The van der Waals surface area contributed by atoms with Crippen LogP contribution in [0, 0.1) is 11.8 Å². The minimum Gasteiger partial charge on any atom is -0.497 e. The zero-order chi connectivity index (χ0) is 9.68. The second kappa shape index (κ2) is 4.37. The standard InChI is InChI=1S/C12H12O/c1-10(2)4-5-11-6-8-12(13-3)9-7-11/h6-9H,1H2,2-3H3. The molecule has 1 rings (SSSR count). The third-order valence-electron chi connectivity index (χ3n) is 1.51. The fraction of sp³-hybridized carbons (Fsp3) is 0.167. The lowest BCUT2D eigenvalue weighted by Gasteiger charge is -1.97. The van der Waals surface area contributed by atoms with Gasteiger partial charge in [-0.1, -0.05) is 18.4 Å². The van der Waals surface area contributed by atoms with Crippen LogP contribution in [-0.4, -0.2) is 7.11 Å². The van der Waals surface area contributed by atoms with Gasteiger partial charge in [0.05, 0.1) is 7.11 Å². The molecule has 0 unspecified atom stereocenters. The maximum Gasteiger partial charge on any atom is 0.118 e. The minimum atomic E-state index is 0.848. The molecule has 1 heteroatoms. The van der Waals surface area contributed by atoms with E-state index in [4.69, 9.17) is 4.74 Å². The highest BCUT2D eigenvalue weighted by atomic mass is 16.5. The highest BCUT2D eigenvalue weighted by Gasteiger charge is 1.88. The van der Waals surface area contributed by atoms with Crippen LogP contribution in [0.3, 0.4) is 0 Å². The Morgan fingerprint density at radius 3 is 2.38 bits per heavy atom. The summed E-state index contributed by atoms with van der Waals surface area (Å²) in [4.78, 5) is 0. The molecule has 0 heterocycles. The molecule has 13 heavy (non-hydrogen) atoms. The molecule has 0 aromatic heterocycles. The first-order chi connectivity index (χ1) is 6.22. The Labute approximate surface area is 79.0 Å². The van der Waals surface area contributed by atoms with Gasteiger partial charge in [0.2, 0.25) is 0 Å². The lowest BCUT2D eigenvalue weighted by atomic mass is 10.2. The second-order valence-corrected chi connectivity index (χ2v) is 2.76. The Hall–Kier alpha value is -1.68. The van der Waals surface area contributed by atoms with Crippen molar-refractivity contribution in [1.82, 2.24) is 0 Å². The van der Waals surface area contributed by atoms with E-state index in [9.17, 15) is 0 Å². The molecule has 0 aliphatic carbocycles. The monoisotopic (exact) mass is 172 g/mol. The summed E-state index contributed by atoms with van der Waals surface area (Å²) >= 11 is 0. The van der Waals surface area contributed by atoms with Crippen LogP contribution in [0.1, 0.15) is 12.5 Å². The van der Waals surface area contributed by atoms with Crippen molar-refractivity contribution >= 4 is 0 Å². The van der Waals surface area contributed by atoms with E-state index < -0.39 is 0 Å². The Kier molecular flexibility index (Phi) is 3.16. The van der Waals surface area contributed by atoms with Gasteiger partial charge >= 0.3 is 0 Å². The molecule has 1 nitrogen and oxygen atoms in total. The smallest absolute Gasteiger partial charge is 0.118 e. The first kappa shape index (κ1) is 9.41. The summed E-state index contributed by atoms with van der Waals surface area (Å²) in [6, 6.07) is 7.63. The predicted octanol–water partition coefficient (Wildman–Crippen LogP) is 2.62. The van der Waals surface area contributed by atoms with Gasteiger partial charge in [-0.15, -0.1) is 0 Å². The molecule has 0 radical (unpaired) electrons. The Balaban J connectivity index is 2.83. The van der Waals surface area contributed by atoms with E-state index >= 15 is 0 Å². The third kappa shape index (κ3) is 3.04. The zero-order valence-corrected chi connectivity index (χ0v) is 7.92. The fourth-order valence-corrected chi connectivity index (χ4v) is 0.853. The van der Waals surface area contributed by atoms with Gasteiger partial charge in [0, 0.05) is 5.56 Å². The van der Waals surface area contributed by atoms with E-state index in [0.717, 1.165) is 16.9 Å². The fourth-order valence-electron chi connectivity index (χ4n) is 0.853. The average Bonchev–Trinajstić information content (AvgIpc) is 2.15. The topological polar surface area (TPSA) is 9.23 Å². The summed E-state index contributed by atoms with van der Waals surface area (Å²) in [5, 5.41) is 0. The maximum absolute atomic E-state index is 5.03. The molecule has 0 amide bonds. The van der Waals surface area contributed by atoms with Crippen molar-refractivity contribution in [3.05, 3.63) is 42.0 Å².